The van der Waals surface area contributed by atoms with E-state index in [0.717, 1.165) is 25.9 Å². The molecule has 0 saturated carbocycles. The standard InChI is InChI=1S/C18H31N3O4/c1-5-25-17(24)21-12-10-20(11-13-21)16(23)18(3,4)15(22)19-8-6-14(2)7-9-19/h14H,5-13H2,1-4H3. The first-order chi connectivity index (χ1) is 11.8. The average molecular weight is 353 g/mol. The van der Waals surface area contributed by atoms with Gasteiger partial charge in [-0.25, -0.2) is 4.79 Å². The fourth-order valence-corrected chi connectivity index (χ4v) is 3.40. The van der Waals surface area contributed by atoms with Gasteiger partial charge in [-0.15, -0.1) is 0 Å². The van der Waals surface area contributed by atoms with Crippen LogP contribution in [0, 0.1) is 11.3 Å². The number of nitrogens with zero attached hydrogens (tertiary/aromatic N) is 3. The zero-order valence-corrected chi connectivity index (χ0v) is 15.9. The van der Waals surface area contributed by atoms with E-state index in [-0.39, 0.29) is 17.9 Å². The molecular formula is C18H31N3O4. The first kappa shape index (κ1) is 19.5. The third-order valence-electron chi connectivity index (χ3n) is 5.23. The smallest absolute Gasteiger partial charge is 0.409 e. The highest BCUT2D eigenvalue weighted by Crippen LogP contribution is 2.26. The van der Waals surface area contributed by atoms with Crippen LogP contribution in [0.5, 0.6) is 0 Å². The largest absolute Gasteiger partial charge is 0.450 e. The summed E-state index contributed by atoms with van der Waals surface area (Å²) in [6, 6.07) is 0. The number of amides is 3. The van der Waals surface area contributed by atoms with E-state index in [1.165, 1.54) is 0 Å². The molecule has 0 aromatic rings. The van der Waals surface area contributed by atoms with Crippen LogP contribution in [0.15, 0.2) is 0 Å². The molecule has 2 saturated heterocycles. The van der Waals surface area contributed by atoms with E-state index in [0.29, 0.717) is 38.7 Å². The molecule has 0 spiro atoms. The van der Waals surface area contributed by atoms with Crippen LogP contribution < -0.4 is 0 Å². The van der Waals surface area contributed by atoms with Crippen molar-refractivity contribution in [3.63, 3.8) is 0 Å². The topological polar surface area (TPSA) is 70.2 Å². The number of likely N-dealkylation sites (tertiary alicyclic amines) is 1. The summed E-state index contributed by atoms with van der Waals surface area (Å²) in [6.45, 7) is 11.0. The van der Waals surface area contributed by atoms with Crippen LogP contribution >= 0.6 is 0 Å². The predicted molar refractivity (Wildman–Crippen MR) is 93.9 cm³/mol. The Kier molecular flexibility index (Phi) is 6.30. The van der Waals surface area contributed by atoms with Gasteiger partial charge in [0.25, 0.3) is 0 Å². The Morgan fingerprint density at radius 3 is 1.80 bits per heavy atom. The van der Waals surface area contributed by atoms with E-state index in [1.54, 1.807) is 30.6 Å². The molecule has 0 aromatic heterocycles. The van der Waals surface area contributed by atoms with E-state index in [9.17, 15) is 14.4 Å². The van der Waals surface area contributed by atoms with Gasteiger partial charge in [0.1, 0.15) is 5.41 Å². The second-order valence-electron chi connectivity index (χ2n) is 7.58. The Balaban J connectivity index is 1.92. The van der Waals surface area contributed by atoms with E-state index >= 15 is 0 Å². The van der Waals surface area contributed by atoms with E-state index in [4.69, 9.17) is 4.74 Å². The lowest BCUT2D eigenvalue weighted by Gasteiger charge is -2.40. The van der Waals surface area contributed by atoms with E-state index in [2.05, 4.69) is 6.92 Å². The minimum atomic E-state index is -1.06. The minimum absolute atomic E-state index is 0.0859. The van der Waals surface area contributed by atoms with Crippen molar-refractivity contribution >= 4 is 17.9 Å². The molecule has 0 aromatic carbocycles. The Bertz CT molecular complexity index is 504. The molecule has 2 rings (SSSR count). The highest BCUT2D eigenvalue weighted by Gasteiger charge is 2.43. The molecule has 3 amide bonds. The molecule has 0 N–H and O–H groups in total. The molecule has 2 heterocycles. The summed E-state index contributed by atoms with van der Waals surface area (Å²) in [5.41, 5.74) is -1.06. The maximum Gasteiger partial charge on any atom is 0.409 e. The zero-order chi connectivity index (χ0) is 18.6. The van der Waals surface area contributed by atoms with Crippen molar-refractivity contribution < 1.29 is 19.1 Å². The van der Waals surface area contributed by atoms with Gasteiger partial charge in [0.15, 0.2) is 0 Å². The van der Waals surface area contributed by atoms with Crippen LogP contribution in [0.1, 0.15) is 40.5 Å². The van der Waals surface area contributed by atoms with Gasteiger partial charge >= 0.3 is 6.09 Å². The summed E-state index contributed by atoms with van der Waals surface area (Å²) >= 11 is 0. The quantitative estimate of drug-likeness (QED) is 0.722. The Morgan fingerprint density at radius 2 is 1.32 bits per heavy atom. The maximum atomic E-state index is 12.9. The molecule has 2 fully saturated rings. The van der Waals surface area contributed by atoms with Gasteiger partial charge in [-0.1, -0.05) is 6.92 Å². The lowest BCUT2D eigenvalue weighted by molar-refractivity contribution is -0.155. The van der Waals surface area contributed by atoms with Crippen molar-refractivity contribution in [2.24, 2.45) is 11.3 Å². The molecule has 0 aliphatic carbocycles. The molecule has 7 nitrogen and oxygen atoms in total. The van der Waals surface area contributed by atoms with Crippen LogP contribution in [0.2, 0.25) is 0 Å². The van der Waals surface area contributed by atoms with Gasteiger partial charge in [-0.3, -0.25) is 9.59 Å². The number of hydrogen-bond donors (Lipinski definition) is 0. The third-order valence-corrected chi connectivity index (χ3v) is 5.23. The average Bonchev–Trinajstić information content (AvgIpc) is 2.61. The van der Waals surface area contributed by atoms with Gasteiger partial charge < -0.3 is 19.4 Å². The molecule has 0 radical (unpaired) electrons. The fraction of sp³-hybridized carbons (Fsp3) is 0.833. The van der Waals surface area contributed by atoms with Crippen LogP contribution in [0.3, 0.4) is 0 Å². The highest BCUT2D eigenvalue weighted by atomic mass is 16.6. The van der Waals surface area contributed by atoms with E-state index in [1.807, 2.05) is 4.90 Å². The summed E-state index contributed by atoms with van der Waals surface area (Å²) in [7, 11) is 0. The Hall–Kier alpha value is -1.79. The van der Waals surface area contributed by atoms with E-state index < -0.39 is 5.41 Å². The predicted octanol–water partition coefficient (Wildman–Crippen LogP) is 1.57. The second kappa shape index (κ2) is 8.06. The van der Waals surface area contributed by atoms with Crippen LogP contribution in [-0.2, 0) is 14.3 Å². The molecule has 2 aliphatic rings. The number of piperidine rings is 1. The summed E-state index contributed by atoms with van der Waals surface area (Å²) < 4.78 is 4.99. The zero-order valence-electron chi connectivity index (χ0n) is 15.9. The van der Waals surface area contributed by atoms with Crippen molar-refractivity contribution in [1.82, 2.24) is 14.7 Å². The van der Waals surface area contributed by atoms with Gasteiger partial charge in [-0.2, -0.15) is 0 Å². The number of carbonyl (C=O) groups is 3. The molecule has 2 aliphatic heterocycles. The number of ether oxygens (including phenoxy) is 1. The lowest BCUT2D eigenvalue weighted by Crippen LogP contribution is -2.57. The second-order valence-corrected chi connectivity index (χ2v) is 7.58. The van der Waals surface area contributed by atoms with Crippen molar-refractivity contribution in [3.05, 3.63) is 0 Å². The highest BCUT2D eigenvalue weighted by molar-refractivity contribution is 6.04. The Morgan fingerprint density at radius 1 is 0.880 bits per heavy atom. The molecule has 142 valence electrons. The van der Waals surface area contributed by atoms with Crippen molar-refractivity contribution in [3.8, 4) is 0 Å². The number of carbonyl (C=O) groups excluding carboxylic acids is 3. The van der Waals surface area contributed by atoms with Crippen molar-refractivity contribution in [2.45, 2.75) is 40.5 Å². The maximum absolute atomic E-state index is 12.9. The molecular weight excluding hydrogens is 322 g/mol. The number of hydrogen-bond acceptors (Lipinski definition) is 4. The molecule has 0 bridgehead atoms. The molecule has 0 unspecified atom stereocenters. The first-order valence-electron chi connectivity index (χ1n) is 9.27. The first-order valence-corrected chi connectivity index (χ1v) is 9.27. The fourth-order valence-electron chi connectivity index (χ4n) is 3.40. The van der Waals surface area contributed by atoms with Crippen molar-refractivity contribution in [2.75, 3.05) is 45.9 Å². The van der Waals surface area contributed by atoms with Crippen LogP contribution in [0.25, 0.3) is 0 Å². The third kappa shape index (κ3) is 4.44. The lowest BCUT2D eigenvalue weighted by atomic mass is 9.87. The van der Waals surface area contributed by atoms with Gasteiger partial charge in [0.05, 0.1) is 6.61 Å². The summed E-state index contributed by atoms with van der Waals surface area (Å²) in [6.07, 6.45) is 1.65. The summed E-state index contributed by atoms with van der Waals surface area (Å²) in [5, 5.41) is 0. The summed E-state index contributed by atoms with van der Waals surface area (Å²) in [4.78, 5) is 42.7. The SMILES string of the molecule is CCOC(=O)N1CCN(C(=O)C(C)(C)C(=O)N2CCC(C)CC2)CC1. The van der Waals surface area contributed by atoms with Crippen LogP contribution in [-0.4, -0.2) is 78.5 Å². The Labute approximate surface area is 150 Å². The summed E-state index contributed by atoms with van der Waals surface area (Å²) in [5.74, 6) is 0.399. The monoisotopic (exact) mass is 353 g/mol. The van der Waals surface area contributed by atoms with Crippen LogP contribution in [0.4, 0.5) is 4.79 Å². The number of piperazine rings is 1. The minimum Gasteiger partial charge on any atom is -0.450 e. The molecule has 0 atom stereocenters. The number of rotatable bonds is 3. The van der Waals surface area contributed by atoms with Crippen molar-refractivity contribution in [1.29, 1.82) is 0 Å². The van der Waals surface area contributed by atoms with Gasteiger partial charge in [-0.05, 0) is 39.5 Å². The normalized spacial score (nSPS) is 19.8. The molecule has 7 heteroatoms. The molecule has 25 heavy (non-hydrogen) atoms. The van der Waals surface area contributed by atoms with Gasteiger partial charge in [0.2, 0.25) is 11.8 Å². The van der Waals surface area contributed by atoms with Gasteiger partial charge in [0, 0.05) is 39.3 Å².